The summed E-state index contributed by atoms with van der Waals surface area (Å²) in [5.41, 5.74) is 4.74. The number of allylic oxidation sites excluding steroid dienone is 1. The van der Waals surface area contributed by atoms with Crippen LogP contribution in [0.2, 0.25) is 10.0 Å². The van der Waals surface area contributed by atoms with Gasteiger partial charge in [0.2, 0.25) is 20.1 Å². The Morgan fingerprint density at radius 2 is 2.00 bits per heavy atom. The van der Waals surface area contributed by atoms with Crippen LogP contribution in [0.1, 0.15) is 29.7 Å². The zero-order chi connectivity index (χ0) is 25.3. The van der Waals surface area contributed by atoms with Gasteiger partial charge in [0.15, 0.2) is 0 Å². The lowest BCUT2D eigenvalue weighted by atomic mass is 9.92. The second kappa shape index (κ2) is 10.3. The number of amides is 1. The highest BCUT2D eigenvalue weighted by Gasteiger charge is 2.24. The van der Waals surface area contributed by atoms with E-state index in [2.05, 4.69) is 15.4 Å². The Morgan fingerprint density at radius 1 is 1.17 bits per heavy atom. The van der Waals surface area contributed by atoms with Crippen LogP contribution in [0.25, 0.3) is 15.8 Å². The van der Waals surface area contributed by atoms with Crippen molar-refractivity contribution < 1.29 is 13.2 Å². The number of hydrogen-bond acceptors (Lipinski definition) is 6. The maximum atomic E-state index is 12.7. The van der Waals surface area contributed by atoms with E-state index in [0.717, 1.165) is 57.7 Å². The molecule has 0 fully saturated rings. The highest BCUT2D eigenvalue weighted by molar-refractivity contribution is 7.94. The number of hydrogen-bond donors (Lipinski definition) is 1. The maximum Gasteiger partial charge on any atom is 0.235 e. The van der Waals surface area contributed by atoms with Crippen LogP contribution in [-0.4, -0.2) is 41.4 Å². The first-order chi connectivity index (χ1) is 17.3. The monoisotopic (exact) mass is 560 g/mol. The van der Waals surface area contributed by atoms with Crippen molar-refractivity contribution in [3.05, 3.63) is 81.6 Å². The Kier molecular flexibility index (Phi) is 7.16. The molecule has 0 unspecified atom stereocenters. The molecule has 1 amide bonds. The lowest BCUT2D eigenvalue weighted by Gasteiger charge is -2.18. The molecule has 0 spiro atoms. The topological polar surface area (TPSA) is 93.9 Å². The molecule has 0 saturated heterocycles. The van der Waals surface area contributed by atoms with Gasteiger partial charge in [-0.25, -0.2) is 13.4 Å². The van der Waals surface area contributed by atoms with Crippen molar-refractivity contribution in [3.8, 4) is 0 Å². The van der Waals surface area contributed by atoms with Crippen LogP contribution in [0.4, 0.5) is 0 Å². The quantitative estimate of drug-likeness (QED) is 0.337. The molecule has 7 nitrogen and oxygen atoms in total. The third-order valence-electron chi connectivity index (χ3n) is 5.96. The number of para-hydroxylation sites is 1. The summed E-state index contributed by atoms with van der Waals surface area (Å²) in [7, 11) is -3.83. The van der Waals surface area contributed by atoms with Crippen molar-refractivity contribution in [1.29, 1.82) is 0 Å². The Labute approximate surface area is 222 Å². The Morgan fingerprint density at radius 3 is 2.81 bits per heavy atom. The molecule has 186 valence electrons. The fraction of sp³-hybridized carbons (Fsp3) is 0.240. The molecule has 0 saturated carbocycles. The maximum absolute atomic E-state index is 12.7. The third kappa shape index (κ3) is 5.34. The molecule has 1 aliphatic carbocycles. The van der Waals surface area contributed by atoms with Crippen LogP contribution < -0.4 is 5.32 Å². The molecule has 11 heteroatoms. The number of fused-ring (bicyclic) bond motifs is 2. The molecule has 5 rings (SSSR count). The number of sulfone groups is 1. The smallest absolute Gasteiger partial charge is 0.235 e. The first kappa shape index (κ1) is 25.0. The van der Waals surface area contributed by atoms with E-state index in [9.17, 15) is 13.2 Å². The van der Waals surface area contributed by atoms with E-state index in [1.54, 1.807) is 24.3 Å². The van der Waals surface area contributed by atoms with E-state index in [0.29, 0.717) is 22.1 Å². The van der Waals surface area contributed by atoms with E-state index in [1.807, 2.05) is 35.2 Å². The SMILES string of the molecule is O=C(CS(=O)(=O)c1nc2ccccc2s1)NC/C=C1\CCCc2cnn(Cc3ccc(Cl)cc3Cl)c21. The molecule has 2 aromatic heterocycles. The van der Waals surface area contributed by atoms with Crippen molar-refractivity contribution in [1.82, 2.24) is 20.1 Å². The van der Waals surface area contributed by atoms with Gasteiger partial charge >= 0.3 is 0 Å². The van der Waals surface area contributed by atoms with Crippen LogP contribution in [0, 0.1) is 0 Å². The van der Waals surface area contributed by atoms with Crippen LogP contribution in [-0.2, 0) is 27.6 Å². The van der Waals surface area contributed by atoms with Crippen molar-refractivity contribution in [2.45, 2.75) is 30.1 Å². The second-order valence-electron chi connectivity index (χ2n) is 8.51. The first-order valence-corrected chi connectivity index (χ1v) is 14.6. The number of halogens is 2. The Balaban J connectivity index is 1.27. The number of carbonyl (C=O) groups is 1. The summed E-state index contributed by atoms with van der Waals surface area (Å²) in [5.74, 6) is -1.21. The van der Waals surface area contributed by atoms with Crippen LogP contribution >= 0.6 is 34.5 Å². The van der Waals surface area contributed by atoms with Gasteiger partial charge in [0, 0.05) is 16.6 Å². The summed E-state index contributed by atoms with van der Waals surface area (Å²) in [6.45, 7) is 0.714. The van der Waals surface area contributed by atoms with Crippen molar-refractivity contribution in [3.63, 3.8) is 0 Å². The van der Waals surface area contributed by atoms with Crippen molar-refractivity contribution >= 4 is 66.1 Å². The molecular weight excluding hydrogens is 539 g/mol. The predicted molar refractivity (Wildman–Crippen MR) is 143 cm³/mol. The summed E-state index contributed by atoms with van der Waals surface area (Å²) in [4.78, 5) is 16.6. The van der Waals surface area contributed by atoms with E-state index in [4.69, 9.17) is 23.2 Å². The van der Waals surface area contributed by atoms with E-state index in [-0.39, 0.29) is 10.9 Å². The molecular formula is C25H22Cl2N4O3S2. The fourth-order valence-corrected chi connectivity index (χ4v) is 7.18. The van der Waals surface area contributed by atoms with Crippen LogP contribution in [0.5, 0.6) is 0 Å². The highest BCUT2D eigenvalue weighted by atomic mass is 35.5. The summed E-state index contributed by atoms with van der Waals surface area (Å²) in [6, 6.07) is 12.6. The average Bonchev–Trinajstić information content (AvgIpc) is 3.46. The van der Waals surface area contributed by atoms with Gasteiger partial charge < -0.3 is 5.32 Å². The van der Waals surface area contributed by atoms with Crippen molar-refractivity contribution in [2.24, 2.45) is 0 Å². The van der Waals surface area contributed by atoms with Crippen LogP contribution in [0.15, 0.2) is 59.1 Å². The molecule has 0 radical (unpaired) electrons. The molecule has 1 N–H and O–H groups in total. The number of nitrogens with one attached hydrogen (secondary N) is 1. The fourth-order valence-electron chi connectivity index (χ4n) is 4.25. The highest BCUT2D eigenvalue weighted by Crippen LogP contribution is 2.32. The van der Waals surface area contributed by atoms with Gasteiger partial charge in [-0.1, -0.05) is 47.5 Å². The van der Waals surface area contributed by atoms with E-state index < -0.39 is 21.5 Å². The summed E-state index contributed by atoms with van der Waals surface area (Å²) in [6.07, 6.45) is 6.55. The molecule has 2 heterocycles. The van der Waals surface area contributed by atoms with Gasteiger partial charge in [-0.2, -0.15) is 5.10 Å². The minimum atomic E-state index is -3.83. The molecule has 2 aromatic carbocycles. The number of carbonyl (C=O) groups excluding carboxylic acids is 1. The minimum Gasteiger partial charge on any atom is -0.352 e. The zero-order valence-corrected chi connectivity index (χ0v) is 22.2. The first-order valence-electron chi connectivity index (χ1n) is 11.3. The third-order valence-corrected chi connectivity index (χ3v) is 9.65. The average molecular weight is 562 g/mol. The normalized spacial score (nSPS) is 14.8. The van der Waals surface area contributed by atoms with Gasteiger partial charge in [-0.15, -0.1) is 11.3 Å². The second-order valence-corrected chi connectivity index (χ2v) is 12.5. The molecule has 0 aliphatic heterocycles. The van der Waals surface area contributed by atoms with E-state index in [1.165, 1.54) is 0 Å². The Bertz CT molecular complexity index is 1560. The number of thiazole rings is 1. The van der Waals surface area contributed by atoms with Crippen molar-refractivity contribution in [2.75, 3.05) is 12.3 Å². The number of benzene rings is 2. The van der Waals surface area contributed by atoms with Gasteiger partial charge in [0.25, 0.3) is 0 Å². The largest absolute Gasteiger partial charge is 0.352 e. The Hall–Kier alpha value is -2.72. The standard InChI is InChI=1S/C25H22Cl2N4O3S2/c26-19-9-8-18(20(27)12-19)14-31-24-16(4-3-5-17(24)13-29-31)10-11-28-23(32)15-36(33,34)25-30-21-6-1-2-7-22(21)35-25/h1-2,6-10,12-13H,3-5,11,14-15H2,(H,28,32)/b16-10+. The number of aryl methyl sites for hydroxylation is 1. The lowest BCUT2D eigenvalue weighted by molar-refractivity contribution is -0.118. The van der Waals surface area contributed by atoms with Gasteiger partial charge in [0.1, 0.15) is 5.75 Å². The molecule has 0 atom stereocenters. The predicted octanol–water partition coefficient (Wildman–Crippen LogP) is 5.16. The summed E-state index contributed by atoms with van der Waals surface area (Å²) >= 11 is 13.5. The van der Waals surface area contributed by atoms with Gasteiger partial charge in [0.05, 0.1) is 28.7 Å². The van der Waals surface area contributed by atoms with Gasteiger partial charge in [-0.3, -0.25) is 9.48 Å². The minimum absolute atomic E-state index is 0.0427. The molecule has 36 heavy (non-hydrogen) atoms. The van der Waals surface area contributed by atoms with Crippen LogP contribution in [0.3, 0.4) is 0 Å². The molecule has 1 aliphatic rings. The zero-order valence-electron chi connectivity index (χ0n) is 19.1. The number of nitrogens with zero attached hydrogens (tertiary/aromatic N) is 3. The van der Waals surface area contributed by atoms with E-state index >= 15 is 0 Å². The van der Waals surface area contributed by atoms with Gasteiger partial charge in [-0.05, 0) is 60.2 Å². The lowest BCUT2D eigenvalue weighted by Crippen LogP contribution is -2.30. The summed E-state index contributed by atoms with van der Waals surface area (Å²) < 4.78 is 28.1. The number of rotatable bonds is 7. The summed E-state index contributed by atoms with van der Waals surface area (Å²) in [5, 5.41) is 8.43. The molecule has 0 bridgehead atoms. The number of aromatic nitrogens is 3. The molecule has 4 aromatic rings.